The molecule has 1 unspecified atom stereocenters. The zero-order valence-corrected chi connectivity index (χ0v) is 12.7. The van der Waals surface area contributed by atoms with Gasteiger partial charge in [-0.15, -0.1) is 0 Å². The van der Waals surface area contributed by atoms with Crippen molar-refractivity contribution in [3.8, 4) is 5.75 Å². The summed E-state index contributed by atoms with van der Waals surface area (Å²) < 4.78 is 43.5. The predicted octanol–water partition coefficient (Wildman–Crippen LogP) is 3.16. The van der Waals surface area contributed by atoms with E-state index in [-0.39, 0.29) is 6.61 Å². The lowest BCUT2D eigenvalue weighted by atomic mass is 10.0. The number of ether oxygens (including phenoxy) is 1. The summed E-state index contributed by atoms with van der Waals surface area (Å²) in [4.78, 5) is 25.9. The summed E-state index contributed by atoms with van der Waals surface area (Å²) >= 11 is 5.88. The lowest BCUT2D eigenvalue weighted by Gasteiger charge is -2.12. The Morgan fingerprint density at radius 3 is 2.79 bits per heavy atom. The fraction of sp³-hybridized carbons (Fsp3) is 0.200. The van der Waals surface area contributed by atoms with E-state index in [2.05, 4.69) is 5.32 Å². The van der Waals surface area contributed by atoms with Crippen LogP contribution in [0.4, 0.5) is 18.9 Å². The zero-order chi connectivity index (χ0) is 17.5. The number of fused-ring (bicyclic) bond motifs is 1. The van der Waals surface area contributed by atoms with Gasteiger partial charge in [-0.3, -0.25) is 9.59 Å². The van der Waals surface area contributed by atoms with Crippen LogP contribution in [0.15, 0.2) is 35.3 Å². The predicted molar refractivity (Wildman–Crippen MR) is 80.4 cm³/mol. The summed E-state index contributed by atoms with van der Waals surface area (Å²) in [5.41, 5.74) is -1.86. The monoisotopic (exact) mass is 358 g/mol. The normalized spacial score (nSPS) is 16.4. The molecule has 0 bridgehead atoms. The van der Waals surface area contributed by atoms with Crippen molar-refractivity contribution in [3.05, 3.63) is 57.0 Å². The van der Waals surface area contributed by atoms with Crippen LogP contribution in [0.3, 0.4) is 0 Å². The minimum Gasteiger partial charge on any atom is -0.492 e. The summed E-state index contributed by atoms with van der Waals surface area (Å²) in [5.74, 6) is -0.953. The van der Waals surface area contributed by atoms with Crippen molar-refractivity contribution in [2.24, 2.45) is 0 Å². The number of anilines is 1. The lowest BCUT2D eigenvalue weighted by Crippen LogP contribution is -2.26. The topological polar surface area (TPSA) is 71.2 Å². The molecule has 5 nitrogen and oxygen atoms in total. The Morgan fingerprint density at radius 2 is 2.08 bits per heavy atom. The van der Waals surface area contributed by atoms with E-state index >= 15 is 0 Å². The SMILES string of the molecule is O=C(Nc1cc(C(F)(F)F)c[nH]c1=O)C1COc2ccc(Cl)cc21. The van der Waals surface area contributed by atoms with Crippen molar-refractivity contribution in [1.29, 1.82) is 0 Å². The number of hydrogen-bond donors (Lipinski definition) is 2. The second-order valence-electron chi connectivity index (χ2n) is 5.16. The molecule has 0 spiro atoms. The van der Waals surface area contributed by atoms with Crippen LogP contribution in [0.5, 0.6) is 5.75 Å². The number of benzene rings is 1. The highest BCUT2D eigenvalue weighted by Gasteiger charge is 2.33. The average molecular weight is 359 g/mol. The van der Waals surface area contributed by atoms with Crippen molar-refractivity contribution >= 4 is 23.2 Å². The maximum absolute atomic E-state index is 12.7. The molecule has 1 aliphatic rings. The van der Waals surface area contributed by atoms with Gasteiger partial charge in [-0.1, -0.05) is 11.6 Å². The largest absolute Gasteiger partial charge is 0.492 e. The molecule has 1 aromatic carbocycles. The van der Waals surface area contributed by atoms with Gasteiger partial charge < -0.3 is 15.0 Å². The smallest absolute Gasteiger partial charge is 0.417 e. The van der Waals surface area contributed by atoms with E-state index in [0.29, 0.717) is 28.6 Å². The molecule has 3 rings (SSSR count). The van der Waals surface area contributed by atoms with Crippen molar-refractivity contribution in [3.63, 3.8) is 0 Å². The molecular formula is C15H10ClF3N2O3. The lowest BCUT2D eigenvalue weighted by molar-refractivity contribution is -0.137. The Bertz CT molecular complexity index is 864. The number of carbonyl (C=O) groups excluding carboxylic acids is 1. The fourth-order valence-electron chi connectivity index (χ4n) is 2.36. The van der Waals surface area contributed by atoms with Crippen LogP contribution < -0.4 is 15.6 Å². The van der Waals surface area contributed by atoms with Crippen LogP contribution in [0.25, 0.3) is 0 Å². The highest BCUT2D eigenvalue weighted by atomic mass is 35.5. The molecule has 1 aliphatic heterocycles. The first-order chi connectivity index (χ1) is 11.3. The van der Waals surface area contributed by atoms with Gasteiger partial charge in [-0.05, 0) is 24.3 Å². The third kappa shape index (κ3) is 3.09. The van der Waals surface area contributed by atoms with E-state index in [1.165, 1.54) is 0 Å². The Kier molecular flexibility index (Phi) is 4.00. The summed E-state index contributed by atoms with van der Waals surface area (Å²) in [6.45, 7) is 0.0123. The van der Waals surface area contributed by atoms with Crippen molar-refractivity contribution in [1.82, 2.24) is 4.98 Å². The van der Waals surface area contributed by atoms with E-state index < -0.39 is 34.8 Å². The van der Waals surface area contributed by atoms with Gasteiger partial charge in [0, 0.05) is 16.8 Å². The molecule has 2 heterocycles. The molecule has 0 saturated heterocycles. The Hall–Kier alpha value is -2.48. The third-order valence-corrected chi connectivity index (χ3v) is 3.79. The van der Waals surface area contributed by atoms with Gasteiger partial charge in [0.15, 0.2) is 0 Å². The van der Waals surface area contributed by atoms with E-state index in [1.807, 2.05) is 4.98 Å². The molecule has 0 fully saturated rings. The van der Waals surface area contributed by atoms with Crippen LogP contribution in [0.2, 0.25) is 5.02 Å². The minimum atomic E-state index is -4.64. The quantitative estimate of drug-likeness (QED) is 0.866. The maximum Gasteiger partial charge on any atom is 0.417 e. The molecular weight excluding hydrogens is 349 g/mol. The Morgan fingerprint density at radius 1 is 1.33 bits per heavy atom. The van der Waals surface area contributed by atoms with Gasteiger partial charge in [0.25, 0.3) is 5.56 Å². The Balaban J connectivity index is 1.87. The fourth-order valence-corrected chi connectivity index (χ4v) is 2.54. The highest BCUT2D eigenvalue weighted by Crippen LogP contribution is 2.36. The summed E-state index contributed by atoms with van der Waals surface area (Å²) in [6, 6.07) is 5.33. The van der Waals surface area contributed by atoms with Crippen molar-refractivity contribution in [2.75, 3.05) is 11.9 Å². The summed E-state index contributed by atoms with van der Waals surface area (Å²) in [7, 11) is 0. The average Bonchev–Trinajstić information content (AvgIpc) is 2.91. The van der Waals surface area contributed by atoms with Gasteiger partial charge in [0.05, 0.1) is 5.56 Å². The summed E-state index contributed by atoms with van der Waals surface area (Å²) in [5, 5.41) is 2.62. The van der Waals surface area contributed by atoms with Crippen LogP contribution in [-0.2, 0) is 11.0 Å². The molecule has 0 radical (unpaired) electrons. The van der Waals surface area contributed by atoms with Gasteiger partial charge in [-0.2, -0.15) is 13.2 Å². The zero-order valence-electron chi connectivity index (χ0n) is 11.9. The number of nitrogens with one attached hydrogen (secondary N) is 2. The number of aromatic amines is 1. The number of H-pyrrole nitrogens is 1. The molecule has 0 aliphatic carbocycles. The number of amides is 1. The molecule has 1 atom stereocenters. The third-order valence-electron chi connectivity index (χ3n) is 3.56. The number of halogens is 4. The molecule has 1 amide bonds. The molecule has 2 N–H and O–H groups in total. The maximum atomic E-state index is 12.7. The first-order valence-electron chi connectivity index (χ1n) is 6.79. The van der Waals surface area contributed by atoms with E-state index in [0.717, 1.165) is 0 Å². The molecule has 24 heavy (non-hydrogen) atoms. The van der Waals surface area contributed by atoms with Crippen molar-refractivity contribution in [2.45, 2.75) is 12.1 Å². The number of hydrogen-bond acceptors (Lipinski definition) is 3. The molecule has 2 aromatic rings. The van der Waals surface area contributed by atoms with Gasteiger partial charge in [-0.25, -0.2) is 0 Å². The number of rotatable bonds is 2. The standard InChI is InChI=1S/C15H10ClF3N2O3/c16-8-1-2-12-9(4-8)10(6-24-12)13(22)21-11-3-7(15(17,18)19)5-20-14(11)23/h1-5,10H,6H2,(H,20,23)(H,21,22). The van der Waals surface area contributed by atoms with Crippen molar-refractivity contribution < 1.29 is 22.7 Å². The van der Waals surface area contributed by atoms with Crippen LogP contribution in [0, 0.1) is 0 Å². The van der Waals surface area contributed by atoms with E-state index in [4.69, 9.17) is 16.3 Å². The Labute approximate surface area is 138 Å². The first-order valence-corrected chi connectivity index (χ1v) is 7.16. The van der Waals surface area contributed by atoms with Gasteiger partial charge >= 0.3 is 6.18 Å². The van der Waals surface area contributed by atoms with E-state index in [1.54, 1.807) is 18.2 Å². The number of pyridine rings is 1. The van der Waals surface area contributed by atoms with Crippen LogP contribution in [0.1, 0.15) is 17.0 Å². The minimum absolute atomic E-state index is 0.0123. The molecule has 126 valence electrons. The summed E-state index contributed by atoms with van der Waals surface area (Å²) in [6.07, 6.45) is -4.09. The second-order valence-corrected chi connectivity index (χ2v) is 5.60. The number of carbonyl (C=O) groups is 1. The number of aromatic nitrogens is 1. The van der Waals surface area contributed by atoms with Gasteiger partial charge in [0.1, 0.15) is 24.0 Å². The molecule has 1 aromatic heterocycles. The second kappa shape index (κ2) is 5.86. The molecule has 0 saturated carbocycles. The van der Waals surface area contributed by atoms with Gasteiger partial charge in [0.2, 0.25) is 5.91 Å². The molecule has 9 heteroatoms. The highest BCUT2D eigenvalue weighted by molar-refractivity contribution is 6.30. The first kappa shape index (κ1) is 16.4. The van der Waals surface area contributed by atoms with E-state index in [9.17, 15) is 22.8 Å². The van der Waals surface area contributed by atoms with Crippen LogP contribution in [-0.4, -0.2) is 17.5 Å². The number of alkyl halides is 3. The van der Waals surface area contributed by atoms with Crippen LogP contribution >= 0.6 is 11.6 Å².